The third-order valence-electron chi connectivity index (χ3n) is 4.40. The van der Waals surface area contributed by atoms with E-state index in [2.05, 4.69) is 6.58 Å². The Hall–Kier alpha value is -3.02. The summed E-state index contributed by atoms with van der Waals surface area (Å²) in [7, 11) is 1.60. The van der Waals surface area contributed by atoms with Crippen LogP contribution < -0.4 is 9.47 Å². The standard InChI is InChI=1S/C22H27NO5/c1-5-12-23-16(2)14-20(17(23)3)21(24)15-28-22(25)7-6-13-27-19-10-8-18(26-4)9-11-19/h5,8-11,14H,1,6-7,12-13,15H2,2-4H3. The summed E-state index contributed by atoms with van der Waals surface area (Å²) in [5.74, 6) is 0.850. The first-order valence-corrected chi connectivity index (χ1v) is 9.19. The van der Waals surface area contributed by atoms with Crippen LogP contribution in [0.3, 0.4) is 0 Å². The van der Waals surface area contributed by atoms with Crippen molar-refractivity contribution in [3.05, 3.63) is 59.9 Å². The Morgan fingerprint density at radius 1 is 1.14 bits per heavy atom. The van der Waals surface area contributed by atoms with Crippen molar-refractivity contribution in [2.75, 3.05) is 20.3 Å². The number of hydrogen-bond acceptors (Lipinski definition) is 5. The van der Waals surface area contributed by atoms with Gasteiger partial charge in [0.05, 0.1) is 13.7 Å². The molecule has 0 aliphatic rings. The van der Waals surface area contributed by atoms with Crippen LogP contribution in [-0.4, -0.2) is 36.6 Å². The van der Waals surface area contributed by atoms with Gasteiger partial charge < -0.3 is 18.8 Å². The molecule has 2 rings (SSSR count). The van der Waals surface area contributed by atoms with Crippen LogP contribution in [0.2, 0.25) is 0 Å². The van der Waals surface area contributed by atoms with E-state index in [4.69, 9.17) is 14.2 Å². The van der Waals surface area contributed by atoms with Crippen LogP contribution in [0.15, 0.2) is 43.0 Å². The van der Waals surface area contributed by atoms with Gasteiger partial charge >= 0.3 is 5.97 Å². The number of allylic oxidation sites excluding steroid dienone is 1. The zero-order valence-corrected chi connectivity index (χ0v) is 16.7. The molecule has 0 atom stereocenters. The van der Waals surface area contributed by atoms with E-state index in [9.17, 15) is 9.59 Å². The molecule has 0 fully saturated rings. The Morgan fingerprint density at radius 2 is 1.82 bits per heavy atom. The second-order valence-electron chi connectivity index (χ2n) is 6.40. The number of aromatic nitrogens is 1. The second kappa shape index (κ2) is 10.3. The van der Waals surface area contributed by atoms with Crippen molar-refractivity contribution in [3.8, 4) is 11.5 Å². The molecule has 2 aromatic rings. The fraction of sp³-hybridized carbons (Fsp3) is 0.364. The molecule has 0 radical (unpaired) electrons. The van der Waals surface area contributed by atoms with E-state index in [-0.39, 0.29) is 18.8 Å². The third kappa shape index (κ3) is 5.74. The molecule has 0 spiro atoms. The van der Waals surface area contributed by atoms with Crippen molar-refractivity contribution in [1.29, 1.82) is 0 Å². The lowest BCUT2D eigenvalue weighted by atomic mass is 10.1. The van der Waals surface area contributed by atoms with Gasteiger partial charge in [-0.3, -0.25) is 9.59 Å². The smallest absolute Gasteiger partial charge is 0.306 e. The minimum atomic E-state index is -0.411. The van der Waals surface area contributed by atoms with Gasteiger partial charge in [0.2, 0.25) is 5.78 Å². The summed E-state index contributed by atoms with van der Waals surface area (Å²) < 4.78 is 17.8. The van der Waals surface area contributed by atoms with E-state index in [1.807, 2.05) is 24.5 Å². The molecule has 1 aromatic carbocycles. The quantitative estimate of drug-likeness (QED) is 0.254. The van der Waals surface area contributed by atoms with Crippen LogP contribution in [0.25, 0.3) is 0 Å². The highest BCUT2D eigenvalue weighted by molar-refractivity contribution is 5.99. The van der Waals surface area contributed by atoms with E-state index >= 15 is 0 Å². The Labute approximate surface area is 165 Å². The molecular weight excluding hydrogens is 358 g/mol. The molecule has 6 nitrogen and oxygen atoms in total. The van der Waals surface area contributed by atoms with Gasteiger partial charge in [-0.2, -0.15) is 0 Å². The van der Waals surface area contributed by atoms with E-state index in [0.29, 0.717) is 30.9 Å². The van der Waals surface area contributed by atoms with E-state index in [1.165, 1.54) is 0 Å². The predicted octanol–water partition coefficient (Wildman–Crippen LogP) is 3.88. The van der Waals surface area contributed by atoms with Gasteiger partial charge in [0, 0.05) is 29.9 Å². The average Bonchev–Trinajstić information content (AvgIpc) is 2.98. The SMILES string of the molecule is C=CCn1c(C)cc(C(=O)COC(=O)CCCOc2ccc(OC)cc2)c1C. The van der Waals surface area contributed by atoms with E-state index in [0.717, 1.165) is 17.1 Å². The van der Waals surface area contributed by atoms with Gasteiger partial charge in [-0.05, 0) is 50.6 Å². The number of ether oxygens (including phenoxy) is 3. The third-order valence-corrected chi connectivity index (χ3v) is 4.40. The summed E-state index contributed by atoms with van der Waals surface area (Å²) in [5, 5.41) is 0. The van der Waals surface area contributed by atoms with Gasteiger partial charge in [0.1, 0.15) is 11.5 Å². The average molecular weight is 385 g/mol. The molecule has 0 saturated heterocycles. The fourth-order valence-corrected chi connectivity index (χ4v) is 2.87. The number of carbonyl (C=O) groups is 2. The lowest BCUT2D eigenvalue weighted by molar-refractivity contribution is -0.142. The van der Waals surface area contributed by atoms with Crippen LogP contribution in [0.4, 0.5) is 0 Å². The number of methoxy groups -OCH3 is 1. The summed E-state index contributed by atoms with van der Waals surface area (Å²) in [4.78, 5) is 24.2. The molecule has 150 valence electrons. The first-order valence-electron chi connectivity index (χ1n) is 9.19. The summed E-state index contributed by atoms with van der Waals surface area (Å²) in [5.41, 5.74) is 2.41. The van der Waals surface area contributed by atoms with Gasteiger partial charge in [0.25, 0.3) is 0 Å². The number of ketones is 1. The van der Waals surface area contributed by atoms with Crippen LogP contribution in [0, 0.1) is 13.8 Å². The molecule has 28 heavy (non-hydrogen) atoms. The van der Waals surface area contributed by atoms with Crippen molar-refractivity contribution in [2.45, 2.75) is 33.2 Å². The fourth-order valence-electron chi connectivity index (χ4n) is 2.87. The summed E-state index contributed by atoms with van der Waals surface area (Å²) in [6, 6.07) is 9.04. The van der Waals surface area contributed by atoms with Gasteiger partial charge in [-0.1, -0.05) is 6.08 Å². The summed E-state index contributed by atoms with van der Waals surface area (Å²) >= 11 is 0. The largest absolute Gasteiger partial charge is 0.497 e. The molecule has 0 aliphatic heterocycles. The number of hydrogen-bond donors (Lipinski definition) is 0. The minimum absolute atomic E-state index is 0.193. The zero-order valence-electron chi connectivity index (χ0n) is 16.7. The van der Waals surface area contributed by atoms with E-state index in [1.54, 1.807) is 37.5 Å². The molecule has 0 unspecified atom stereocenters. The maximum atomic E-state index is 12.4. The number of esters is 1. The first-order chi connectivity index (χ1) is 13.5. The van der Waals surface area contributed by atoms with Crippen LogP contribution in [0.1, 0.15) is 34.6 Å². The second-order valence-corrected chi connectivity index (χ2v) is 6.40. The van der Waals surface area contributed by atoms with Gasteiger partial charge in [0.15, 0.2) is 6.61 Å². The molecule has 0 bridgehead atoms. The molecule has 1 aromatic heterocycles. The molecule has 0 N–H and O–H groups in total. The Morgan fingerprint density at radius 3 is 2.46 bits per heavy atom. The Balaban J connectivity index is 1.72. The number of nitrogens with zero attached hydrogens (tertiary/aromatic N) is 1. The van der Waals surface area contributed by atoms with Crippen LogP contribution in [-0.2, 0) is 16.1 Å². The molecule has 0 aliphatic carbocycles. The topological polar surface area (TPSA) is 66.8 Å². The van der Waals surface area contributed by atoms with E-state index < -0.39 is 5.97 Å². The van der Waals surface area contributed by atoms with Crippen molar-refractivity contribution >= 4 is 11.8 Å². The highest BCUT2D eigenvalue weighted by Gasteiger charge is 2.16. The Kier molecular flexibility index (Phi) is 7.87. The first kappa shape index (κ1) is 21.3. The van der Waals surface area contributed by atoms with Crippen molar-refractivity contribution in [3.63, 3.8) is 0 Å². The monoisotopic (exact) mass is 385 g/mol. The number of aryl methyl sites for hydroxylation is 1. The number of carbonyl (C=O) groups excluding carboxylic acids is 2. The lowest BCUT2D eigenvalue weighted by Crippen LogP contribution is -2.15. The molecular formula is C22H27NO5. The maximum Gasteiger partial charge on any atom is 0.306 e. The molecule has 0 amide bonds. The summed E-state index contributed by atoms with van der Waals surface area (Å²) in [6.07, 6.45) is 2.48. The number of Topliss-reactive ketones (excluding diaryl/α,β-unsaturated/α-hetero) is 1. The maximum absolute atomic E-state index is 12.4. The van der Waals surface area contributed by atoms with Crippen LogP contribution in [0.5, 0.6) is 11.5 Å². The predicted molar refractivity (Wildman–Crippen MR) is 107 cm³/mol. The van der Waals surface area contributed by atoms with Gasteiger partial charge in [-0.15, -0.1) is 6.58 Å². The number of benzene rings is 1. The van der Waals surface area contributed by atoms with Crippen molar-refractivity contribution in [1.82, 2.24) is 4.57 Å². The number of rotatable bonds is 11. The Bertz CT molecular complexity index is 820. The highest BCUT2D eigenvalue weighted by atomic mass is 16.5. The molecule has 0 saturated carbocycles. The minimum Gasteiger partial charge on any atom is -0.497 e. The molecule has 1 heterocycles. The van der Waals surface area contributed by atoms with Crippen molar-refractivity contribution < 1.29 is 23.8 Å². The summed E-state index contributed by atoms with van der Waals surface area (Å²) in [6.45, 7) is 8.30. The zero-order chi connectivity index (χ0) is 20.5. The molecule has 6 heteroatoms. The normalized spacial score (nSPS) is 10.4. The highest BCUT2D eigenvalue weighted by Crippen LogP contribution is 2.18. The van der Waals surface area contributed by atoms with Gasteiger partial charge in [-0.25, -0.2) is 0 Å². The van der Waals surface area contributed by atoms with Crippen molar-refractivity contribution in [2.24, 2.45) is 0 Å². The van der Waals surface area contributed by atoms with Crippen LogP contribution >= 0.6 is 0 Å². The lowest BCUT2D eigenvalue weighted by Gasteiger charge is -2.08.